The van der Waals surface area contributed by atoms with E-state index in [1.807, 2.05) is 30.3 Å². The van der Waals surface area contributed by atoms with Crippen LogP contribution in [-0.2, 0) is 18.4 Å². The third-order valence-electron chi connectivity index (χ3n) is 5.66. The number of pyridine rings is 1. The molecule has 0 atom stereocenters. The number of hydrogen-bond donors (Lipinski definition) is 1. The molecule has 33 heavy (non-hydrogen) atoms. The van der Waals surface area contributed by atoms with E-state index < -0.39 is 0 Å². The predicted molar refractivity (Wildman–Crippen MR) is 125 cm³/mol. The fraction of sp³-hybridized carbons (Fsp3) is 0.333. The predicted octanol–water partition coefficient (Wildman–Crippen LogP) is 3.46. The number of likely N-dealkylation sites (tertiary alicyclic amines) is 1. The van der Waals surface area contributed by atoms with E-state index >= 15 is 0 Å². The van der Waals surface area contributed by atoms with Crippen LogP contribution in [0.2, 0.25) is 5.02 Å². The molecule has 2 amide bonds. The van der Waals surface area contributed by atoms with Crippen LogP contribution in [0.3, 0.4) is 0 Å². The Labute approximate surface area is 197 Å². The Morgan fingerprint density at radius 3 is 2.55 bits per heavy atom. The van der Waals surface area contributed by atoms with Crippen molar-refractivity contribution in [1.29, 1.82) is 0 Å². The number of aromatic nitrogens is 3. The first-order valence-corrected chi connectivity index (χ1v) is 11.2. The van der Waals surface area contributed by atoms with Crippen LogP contribution in [0.1, 0.15) is 35.8 Å². The van der Waals surface area contributed by atoms with Crippen molar-refractivity contribution < 1.29 is 14.3 Å². The molecule has 3 aromatic rings. The fourth-order valence-electron chi connectivity index (χ4n) is 3.78. The van der Waals surface area contributed by atoms with Gasteiger partial charge in [0.15, 0.2) is 0 Å². The van der Waals surface area contributed by atoms with Crippen molar-refractivity contribution in [2.75, 3.05) is 13.1 Å². The summed E-state index contributed by atoms with van der Waals surface area (Å²) in [6.07, 6.45) is 6.67. The maximum absolute atomic E-state index is 12.8. The number of ether oxygens (including phenoxy) is 1. The first kappa shape index (κ1) is 22.8. The van der Waals surface area contributed by atoms with E-state index in [2.05, 4.69) is 15.4 Å². The Morgan fingerprint density at radius 2 is 1.91 bits per heavy atom. The Hall–Kier alpha value is -3.39. The fourth-order valence-corrected chi connectivity index (χ4v) is 3.90. The third kappa shape index (κ3) is 5.70. The van der Waals surface area contributed by atoms with Crippen LogP contribution in [0.4, 0.5) is 0 Å². The lowest BCUT2D eigenvalue weighted by Gasteiger charge is -2.31. The average molecular weight is 468 g/mol. The number of hydrogen-bond acceptors (Lipinski definition) is 5. The highest BCUT2D eigenvalue weighted by molar-refractivity contribution is 6.30. The van der Waals surface area contributed by atoms with Gasteiger partial charge in [0.2, 0.25) is 5.91 Å². The Bertz CT molecular complexity index is 1140. The first-order valence-electron chi connectivity index (χ1n) is 10.8. The molecule has 0 saturated carbocycles. The topological polar surface area (TPSA) is 89.3 Å². The summed E-state index contributed by atoms with van der Waals surface area (Å²) >= 11 is 5.92. The minimum absolute atomic E-state index is 0.0524. The van der Waals surface area contributed by atoms with Gasteiger partial charge in [0.05, 0.1) is 6.20 Å². The largest absolute Gasteiger partial charge is 0.489 e. The minimum Gasteiger partial charge on any atom is -0.489 e. The Kier molecular flexibility index (Phi) is 6.93. The van der Waals surface area contributed by atoms with Crippen molar-refractivity contribution >= 4 is 23.4 Å². The zero-order valence-electron chi connectivity index (χ0n) is 18.6. The van der Waals surface area contributed by atoms with Crippen molar-refractivity contribution in [3.8, 4) is 16.9 Å². The molecule has 1 aliphatic heterocycles. The van der Waals surface area contributed by atoms with Gasteiger partial charge in [-0.25, -0.2) is 0 Å². The summed E-state index contributed by atoms with van der Waals surface area (Å²) in [6.45, 7) is 3.25. The molecule has 2 aromatic heterocycles. The summed E-state index contributed by atoms with van der Waals surface area (Å²) in [5.74, 6) is 0.364. The average Bonchev–Trinajstić information content (AvgIpc) is 3.24. The second-order valence-corrected chi connectivity index (χ2v) is 8.54. The summed E-state index contributed by atoms with van der Waals surface area (Å²) in [6, 6.07) is 8.98. The number of piperidine rings is 1. The van der Waals surface area contributed by atoms with Crippen LogP contribution in [0.5, 0.6) is 5.75 Å². The number of amides is 2. The van der Waals surface area contributed by atoms with E-state index in [4.69, 9.17) is 16.3 Å². The SMILES string of the molecule is CC(=O)N1CCC(Oc2cc(C(=O)NCc3ccc(Cl)cc3)ncc2-c2cnn(C)c2)CC1. The van der Waals surface area contributed by atoms with Gasteiger partial charge in [-0.1, -0.05) is 23.7 Å². The van der Waals surface area contributed by atoms with Gasteiger partial charge < -0.3 is 15.0 Å². The van der Waals surface area contributed by atoms with Crippen molar-refractivity contribution in [2.45, 2.75) is 32.4 Å². The van der Waals surface area contributed by atoms with Gasteiger partial charge in [0.25, 0.3) is 5.91 Å². The van der Waals surface area contributed by atoms with Crippen molar-refractivity contribution in [3.05, 3.63) is 65.2 Å². The van der Waals surface area contributed by atoms with E-state index in [0.29, 0.717) is 30.4 Å². The smallest absolute Gasteiger partial charge is 0.270 e. The van der Waals surface area contributed by atoms with Crippen LogP contribution in [0.15, 0.2) is 48.9 Å². The molecule has 1 saturated heterocycles. The molecular formula is C24H26ClN5O3. The Balaban J connectivity index is 1.52. The summed E-state index contributed by atoms with van der Waals surface area (Å²) in [5, 5.41) is 7.77. The highest BCUT2D eigenvalue weighted by atomic mass is 35.5. The van der Waals surface area contributed by atoms with E-state index in [1.54, 1.807) is 42.2 Å². The number of carbonyl (C=O) groups is 2. The number of benzene rings is 1. The summed E-state index contributed by atoms with van der Waals surface area (Å²) in [5.41, 5.74) is 2.84. The number of rotatable bonds is 6. The molecular weight excluding hydrogens is 442 g/mol. The number of aryl methyl sites for hydroxylation is 1. The number of halogens is 1. The van der Waals surface area contributed by atoms with Gasteiger partial charge >= 0.3 is 0 Å². The van der Waals surface area contributed by atoms with E-state index in [1.165, 1.54) is 0 Å². The molecule has 0 unspecified atom stereocenters. The maximum Gasteiger partial charge on any atom is 0.270 e. The molecule has 4 rings (SSSR count). The second-order valence-electron chi connectivity index (χ2n) is 8.10. The summed E-state index contributed by atoms with van der Waals surface area (Å²) in [7, 11) is 1.84. The number of carbonyl (C=O) groups excluding carboxylic acids is 2. The third-order valence-corrected chi connectivity index (χ3v) is 5.91. The van der Waals surface area contributed by atoms with Crippen LogP contribution >= 0.6 is 11.6 Å². The van der Waals surface area contributed by atoms with Gasteiger partial charge in [-0.2, -0.15) is 5.10 Å². The second kappa shape index (κ2) is 10.0. The normalized spacial score (nSPS) is 14.2. The maximum atomic E-state index is 12.8. The lowest BCUT2D eigenvalue weighted by Crippen LogP contribution is -2.40. The molecule has 0 spiro atoms. The lowest BCUT2D eigenvalue weighted by molar-refractivity contribution is -0.130. The molecule has 3 heterocycles. The van der Waals surface area contributed by atoms with Gasteiger partial charge in [0.1, 0.15) is 17.5 Å². The quantitative estimate of drug-likeness (QED) is 0.599. The molecule has 1 aliphatic rings. The molecule has 1 fully saturated rings. The minimum atomic E-state index is -0.293. The molecule has 1 N–H and O–H groups in total. The molecule has 0 radical (unpaired) electrons. The van der Waals surface area contributed by atoms with Gasteiger partial charge in [0, 0.05) is 81.1 Å². The molecule has 0 bridgehead atoms. The zero-order valence-corrected chi connectivity index (χ0v) is 19.4. The van der Waals surface area contributed by atoms with Crippen LogP contribution in [-0.4, -0.2) is 50.7 Å². The standard InChI is InChI=1S/C24H26ClN5O3/c1-16(31)30-9-7-20(8-10-30)33-23-11-22(26-14-21(23)18-13-28-29(2)15-18)24(32)27-12-17-3-5-19(25)6-4-17/h3-6,11,13-15,20H,7-10,12H2,1-2H3,(H,27,32). The van der Waals surface area contributed by atoms with Crippen molar-refractivity contribution in [3.63, 3.8) is 0 Å². The van der Waals surface area contributed by atoms with Gasteiger partial charge in [-0.05, 0) is 17.7 Å². The summed E-state index contributed by atoms with van der Waals surface area (Å²) in [4.78, 5) is 30.6. The summed E-state index contributed by atoms with van der Waals surface area (Å²) < 4.78 is 8.04. The highest BCUT2D eigenvalue weighted by Crippen LogP contribution is 2.32. The number of nitrogens with one attached hydrogen (secondary N) is 1. The highest BCUT2D eigenvalue weighted by Gasteiger charge is 2.24. The van der Waals surface area contributed by atoms with Crippen LogP contribution in [0.25, 0.3) is 11.1 Å². The lowest BCUT2D eigenvalue weighted by atomic mass is 10.1. The van der Waals surface area contributed by atoms with Crippen LogP contribution in [0, 0.1) is 0 Å². The van der Waals surface area contributed by atoms with Crippen molar-refractivity contribution in [1.82, 2.24) is 25.0 Å². The molecule has 1 aromatic carbocycles. The molecule has 8 nitrogen and oxygen atoms in total. The van der Waals surface area contributed by atoms with Crippen molar-refractivity contribution in [2.24, 2.45) is 7.05 Å². The van der Waals surface area contributed by atoms with Gasteiger partial charge in [-0.15, -0.1) is 0 Å². The molecule has 9 heteroatoms. The van der Waals surface area contributed by atoms with E-state index in [0.717, 1.165) is 29.5 Å². The zero-order chi connectivity index (χ0) is 23.4. The molecule has 0 aliphatic carbocycles. The molecule has 172 valence electrons. The monoisotopic (exact) mass is 467 g/mol. The number of nitrogens with zero attached hydrogens (tertiary/aromatic N) is 4. The van der Waals surface area contributed by atoms with E-state index in [9.17, 15) is 9.59 Å². The van der Waals surface area contributed by atoms with Crippen LogP contribution < -0.4 is 10.1 Å². The van der Waals surface area contributed by atoms with E-state index in [-0.39, 0.29) is 23.6 Å². The first-order chi connectivity index (χ1) is 15.9. The van der Waals surface area contributed by atoms with Gasteiger partial charge in [-0.3, -0.25) is 19.3 Å². The Morgan fingerprint density at radius 1 is 1.18 bits per heavy atom.